The van der Waals surface area contributed by atoms with E-state index in [4.69, 9.17) is 14.2 Å². The minimum absolute atomic E-state index is 0.0770. The molecule has 2 aromatic rings. The molecule has 0 aromatic heterocycles. The van der Waals surface area contributed by atoms with Crippen molar-refractivity contribution in [3.8, 4) is 5.75 Å². The molecule has 0 radical (unpaired) electrons. The molecule has 0 bridgehead atoms. The smallest absolute Gasteiger partial charge is 0.119 e. The third kappa shape index (κ3) is 4.28. The van der Waals surface area contributed by atoms with Crippen LogP contribution < -0.4 is 4.74 Å². The molecule has 1 aliphatic rings. The molecule has 1 unspecified atom stereocenters. The van der Waals surface area contributed by atoms with Gasteiger partial charge in [0.25, 0.3) is 0 Å². The number of rotatable bonds is 8. The molecule has 3 nitrogen and oxygen atoms in total. The summed E-state index contributed by atoms with van der Waals surface area (Å²) in [7, 11) is 0. The van der Waals surface area contributed by atoms with Gasteiger partial charge in [0.1, 0.15) is 18.5 Å². The van der Waals surface area contributed by atoms with Crippen LogP contribution in [0.5, 0.6) is 5.75 Å². The lowest BCUT2D eigenvalue weighted by atomic mass is 9.77. The molecule has 0 N–H and O–H groups in total. The lowest BCUT2D eigenvalue weighted by Crippen LogP contribution is -2.23. The van der Waals surface area contributed by atoms with Crippen molar-refractivity contribution >= 4 is 0 Å². The van der Waals surface area contributed by atoms with Crippen molar-refractivity contribution in [3.05, 3.63) is 65.2 Å². The fourth-order valence-electron chi connectivity index (χ4n) is 3.22. The maximum Gasteiger partial charge on any atom is 0.119 e. The first kappa shape index (κ1) is 18.9. The molecular formula is C23H30O3. The van der Waals surface area contributed by atoms with Gasteiger partial charge in [0.15, 0.2) is 0 Å². The molecule has 3 heteroatoms. The summed E-state index contributed by atoms with van der Waals surface area (Å²) in [5, 5.41) is 0. The Bertz CT molecular complexity index is 710. The van der Waals surface area contributed by atoms with Crippen LogP contribution >= 0.6 is 0 Å². The van der Waals surface area contributed by atoms with Crippen LogP contribution in [0.25, 0.3) is 0 Å². The average molecular weight is 354 g/mol. The minimum Gasteiger partial charge on any atom is -0.491 e. The Morgan fingerprint density at radius 3 is 1.88 bits per heavy atom. The van der Waals surface area contributed by atoms with E-state index in [1.54, 1.807) is 0 Å². The Kier molecular flexibility index (Phi) is 5.40. The Labute approximate surface area is 157 Å². The van der Waals surface area contributed by atoms with Gasteiger partial charge in [0, 0.05) is 12.0 Å². The Balaban J connectivity index is 1.74. The predicted molar refractivity (Wildman–Crippen MR) is 105 cm³/mol. The van der Waals surface area contributed by atoms with E-state index < -0.39 is 0 Å². The summed E-state index contributed by atoms with van der Waals surface area (Å²) < 4.78 is 16.8. The molecule has 2 aromatic carbocycles. The highest BCUT2D eigenvalue weighted by atomic mass is 16.6. The van der Waals surface area contributed by atoms with Crippen molar-refractivity contribution in [3.63, 3.8) is 0 Å². The monoisotopic (exact) mass is 354 g/mol. The summed E-state index contributed by atoms with van der Waals surface area (Å²) in [6.45, 7) is 12.9. The number of benzene rings is 2. The zero-order valence-corrected chi connectivity index (χ0v) is 16.5. The van der Waals surface area contributed by atoms with Gasteiger partial charge in [0.2, 0.25) is 0 Å². The fourth-order valence-corrected chi connectivity index (χ4v) is 3.22. The third-order valence-corrected chi connectivity index (χ3v) is 5.22. The molecule has 0 aliphatic carbocycles. The molecule has 1 fully saturated rings. The molecule has 1 heterocycles. The maximum absolute atomic E-state index is 5.86. The molecule has 3 rings (SSSR count). The van der Waals surface area contributed by atoms with E-state index in [1.165, 1.54) is 16.7 Å². The lowest BCUT2D eigenvalue weighted by Gasteiger charge is -2.29. The molecule has 26 heavy (non-hydrogen) atoms. The Morgan fingerprint density at radius 1 is 0.885 bits per heavy atom. The summed E-state index contributed by atoms with van der Waals surface area (Å²) in [5.74, 6) is 0.897. The van der Waals surface area contributed by atoms with Crippen LogP contribution in [0.2, 0.25) is 0 Å². The number of ether oxygens (including phenoxy) is 3. The van der Waals surface area contributed by atoms with Crippen molar-refractivity contribution < 1.29 is 14.2 Å². The first-order chi connectivity index (χ1) is 12.3. The van der Waals surface area contributed by atoms with Crippen LogP contribution in [0.4, 0.5) is 0 Å². The van der Waals surface area contributed by atoms with E-state index >= 15 is 0 Å². The van der Waals surface area contributed by atoms with E-state index in [0.29, 0.717) is 13.2 Å². The second kappa shape index (κ2) is 7.42. The van der Waals surface area contributed by atoms with E-state index in [2.05, 4.69) is 64.1 Å². The van der Waals surface area contributed by atoms with Gasteiger partial charge in [-0.15, -0.1) is 0 Å². The maximum atomic E-state index is 5.86. The molecule has 1 atom stereocenters. The van der Waals surface area contributed by atoms with Gasteiger partial charge in [-0.05, 0) is 49.6 Å². The van der Waals surface area contributed by atoms with E-state index in [-0.39, 0.29) is 17.1 Å². The quantitative estimate of drug-likeness (QED) is 0.621. The van der Waals surface area contributed by atoms with Gasteiger partial charge < -0.3 is 14.2 Å². The summed E-state index contributed by atoms with van der Waals surface area (Å²) in [6, 6.07) is 17.2. The minimum atomic E-state index is -0.262. The van der Waals surface area contributed by atoms with Gasteiger partial charge in [-0.3, -0.25) is 0 Å². The summed E-state index contributed by atoms with van der Waals surface area (Å²) in [5.41, 5.74) is 3.41. The van der Waals surface area contributed by atoms with Crippen LogP contribution in [-0.2, 0) is 20.5 Å². The second-order valence-electron chi connectivity index (χ2n) is 7.94. The van der Waals surface area contributed by atoms with Crippen LogP contribution in [-0.4, -0.2) is 25.9 Å². The Morgan fingerprint density at radius 2 is 1.38 bits per heavy atom. The molecular weight excluding hydrogens is 324 g/mol. The first-order valence-electron chi connectivity index (χ1n) is 9.43. The van der Waals surface area contributed by atoms with E-state index in [0.717, 1.165) is 12.4 Å². The lowest BCUT2D eigenvalue weighted by molar-refractivity contribution is -0.0140. The highest BCUT2D eigenvalue weighted by Gasteiger charge is 2.26. The fraction of sp³-hybridized carbons (Fsp3) is 0.478. The van der Waals surface area contributed by atoms with Gasteiger partial charge in [-0.1, -0.05) is 50.2 Å². The highest BCUT2D eigenvalue weighted by Crippen LogP contribution is 2.34. The largest absolute Gasteiger partial charge is 0.491 e. The van der Waals surface area contributed by atoms with E-state index in [1.807, 2.05) is 19.1 Å². The second-order valence-corrected chi connectivity index (χ2v) is 7.94. The summed E-state index contributed by atoms with van der Waals surface area (Å²) in [4.78, 5) is 0. The summed E-state index contributed by atoms with van der Waals surface area (Å²) >= 11 is 0. The predicted octanol–water partition coefficient (Wildman–Crippen LogP) is 5.06. The van der Waals surface area contributed by atoms with Gasteiger partial charge >= 0.3 is 0 Å². The van der Waals surface area contributed by atoms with E-state index in [9.17, 15) is 0 Å². The summed E-state index contributed by atoms with van der Waals surface area (Å²) in [6.07, 6.45) is 0.283. The standard InChI is InChI=1S/C23H30O3/c1-6-26-23(4,5)19-9-7-17(8-10-19)22(2,3)18-11-13-20(14-12-18)24-15-21-16-25-21/h7-14,21H,6,15-16H2,1-5H3. The Hall–Kier alpha value is -1.84. The van der Waals surface area contributed by atoms with Crippen molar-refractivity contribution in [2.45, 2.75) is 51.7 Å². The molecule has 0 amide bonds. The zero-order chi connectivity index (χ0) is 18.8. The van der Waals surface area contributed by atoms with Gasteiger partial charge in [0.05, 0.1) is 12.2 Å². The molecule has 1 saturated heterocycles. The van der Waals surface area contributed by atoms with Crippen molar-refractivity contribution in [1.29, 1.82) is 0 Å². The molecule has 0 spiro atoms. The number of epoxide rings is 1. The molecule has 0 saturated carbocycles. The van der Waals surface area contributed by atoms with Gasteiger partial charge in [-0.25, -0.2) is 0 Å². The van der Waals surface area contributed by atoms with Crippen molar-refractivity contribution in [2.24, 2.45) is 0 Å². The molecule has 140 valence electrons. The van der Waals surface area contributed by atoms with Crippen molar-refractivity contribution in [2.75, 3.05) is 19.8 Å². The van der Waals surface area contributed by atoms with Gasteiger partial charge in [-0.2, -0.15) is 0 Å². The average Bonchev–Trinajstić information content (AvgIpc) is 3.45. The number of hydrogen-bond acceptors (Lipinski definition) is 3. The van der Waals surface area contributed by atoms with Crippen LogP contribution in [0.3, 0.4) is 0 Å². The van der Waals surface area contributed by atoms with Crippen LogP contribution in [0, 0.1) is 0 Å². The SMILES string of the molecule is CCOC(C)(C)c1ccc(C(C)(C)c2ccc(OCC3CO3)cc2)cc1. The third-order valence-electron chi connectivity index (χ3n) is 5.22. The topological polar surface area (TPSA) is 31.0 Å². The number of hydrogen-bond donors (Lipinski definition) is 0. The zero-order valence-electron chi connectivity index (χ0n) is 16.5. The van der Waals surface area contributed by atoms with Crippen LogP contribution in [0.1, 0.15) is 51.3 Å². The van der Waals surface area contributed by atoms with Crippen molar-refractivity contribution in [1.82, 2.24) is 0 Å². The highest BCUT2D eigenvalue weighted by molar-refractivity contribution is 5.41. The van der Waals surface area contributed by atoms with Crippen LogP contribution in [0.15, 0.2) is 48.5 Å². The normalized spacial score (nSPS) is 17.2. The first-order valence-corrected chi connectivity index (χ1v) is 9.43. The molecule has 1 aliphatic heterocycles.